The summed E-state index contributed by atoms with van der Waals surface area (Å²) in [5.41, 5.74) is 4.83. The van der Waals surface area contributed by atoms with E-state index in [1.165, 1.54) is 0 Å². The number of nitrogens with one attached hydrogen (secondary N) is 1. The maximum atomic E-state index is 11.8. The number of hydrogen-bond donors (Lipinski definition) is 2. The number of carbonyl (C=O) groups is 1. The summed E-state index contributed by atoms with van der Waals surface area (Å²) in [5, 5.41) is 0. The first-order chi connectivity index (χ1) is 7.73. The summed E-state index contributed by atoms with van der Waals surface area (Å²) in [6.07, 6.45) is 1.84. The molecule has 0 aliphatic rings. The largest absolute Gasteiger partial charge is 0.598 e. The molecule has 2 unspecified atom stereocenters. The molecule has 0 aliphatic carbocycles. The first-order valence-corrected chi connectivity index (χ1v) is 6.98. The van der Waals surface area contributed by atoms with Crippen molar-refractivity contribution in [1.82, 2.24) is 4.72 Å². The molecule has 0 spiro atoms. The van der Waals surface area contributed by atoms with Gasteiger partial charge in [0.1, 0.15) is 4.75 Å². The van der Waals surface area contributed by atoms with Crippen molar-refractivity contribution in [3.8, 4) is 0 Å². The van der Waals surface area contributed by atoms with Crippen molar-refractivity contribution in [2.75, 3.05) is 6.61 Å². The number of primary amides is 1. The van der Waals surface area contributed by atoms with E-state index in [1.54, 1.807) is 0 Å². The van der Waals surface area contributed by atoms with Gasteiger partial charge in [0.05, 0.1) is 6.61 Å². The molecule has 0 saturated carbocycles. The molecule has 102 valence electrons. The van der Waals surface area contributed by atoms with Crippen LogP contribution in [0.2, 0.25) is 0 Å². The quantitative estimate of drug-likeness (QED) is 0.541. The van der Waals surface area contributed by atoms with Crippen LogP contribution in [0.15, 0.2) is 0 Å². The summed E-state index contributed by atoms with van der Waals surface area (Å²) < 4.78 is 19.2. The second-order valence-corrected chi connectivity index (χ2v) is 7.06. The Morgan fingerprint density at radius 2 is 2.06 bits per heavy atom. The average molecular weight is 264 g/mol. The highest BCUT2D eigenvalue weighted by atomic mass is 32.2. The summed E-state index contributed by atoms with van der Waals surface area (Å²) >= 11 is -1.04. The van der Waals surface area contributed by atoms with Gasteiger partial charge in [0.25, 0.3) is 0 Å². The fourth-order valence-electron chi connectivity index (χ4n) is 1.14. The maximum absolute atomic E-state index is 11.8. The Balaban J connectivity index is 3.59. The van der Waals surface area contributed by atoms with Gasteiger partial charge in [-0.15, -0.1) is 4.72 Å². The van der Waals surface area contributed by atoms with Gasteiger partial charge in [0, 0.05) is 17.4 Å². The van der Waals surface area contributed by atoms with Crippen molar-refractivity contribution < 1.29 is 14.1 Å². The second kappa shape index (κ2) is 7.79. The van der Waals surface area contributed by atoms with Crippen LogP contribution in [0.1, 0.15) is 47.0 Å². The fourth-order valence-corrected chi connectivity index (χ4v) is 1.98. The lowest BCUT2D eigenvalue weighted by atomic mass is 10.1. The van der Waals surface area contributed by atoms with Gasteiger partial charge in [0.2, 0.25) is 0 Å². The minimum absolute atomic E-state index is 0.184. The zero-order chi connectivity index (χ0) is 13.5. The molecular weight excluding hydrogens is 240 g/mol. The van der Waals surface area contributed by atoms with Crippen molar-refractivity contribution in [1.29, 1.82) is 0 Å². The summed E-state index contributed by atoms with van der Waals surface area (Å²) in [4.78, 5) is 10.3. The number of amides is 1. The second-order valence-electron chi connectivity index (χ2n) is 5.06. The van der Waals surface area contributed by atoms with E-state index in [2.05, 4.69) is 9.46 Å². The zero-order valence-electron chi connectivity index (χ0n) is 11.1. The molecule has 2 atom stereocenters. The molecule has 0 aromatic carbocycles. The molecule has 0 aromatic heterocycles. The molecule has 0 aromatic rings. The van der Waals surface area contributed by atoms with Gasteiger partial charge in [-0.2, -0.15) is 0 Å². The zero-order valence-corrected chi connectivity index (χ0v) is 11.9. The van der Waals surface area contributed by atoms with E-state index in [-0.39, 0.29) is 10.8 Å². The number of nitrogens with two attached hydrogens (primary N) is 1. The first kappa shape index (κ1) is 16.5. The van der Waals surface area contributed by atoms with E-state index >= 15 is 0 Å². The van der Waals surface area contributed by atoms with E-state index in [0.717, 1.165) is 19.3 Å². The number of hydrogen-bond acceptors (Lipinski definition) is 4. The third-order valence-electron chi connectivity index (χ3n) is 2.14. The van der Waals surface area contributed by atoms with Gasteiger partial charge in [0.15, 0.2) is 0 Å². The van der Waals surface area contributed by atoms with Crippen molar-refractivity contribution in [2.45, 2.75) is 57.7 Å². The molecular formula is C11H24N2O3S. The maximum Gasteiger partial charge on any atom is 0.404 e. The van der Waals surface area contributed by atoms with E-state index in [9.17, 15) is 9.35 Å². The molecule has 0 heterocycles. The van der Waals surface area contributed by atoms with Crippen molar-refractivity contribution in [2.24, 2.45) is 5.73 Å². The van der Waals surface area contributed by atoms with Crippen LogP contribution in [0.5, 0.6) is 0 Å². The molecule has 0 radical (unpaired) electrons. The third-order valence-corrected chi connectivity index (χ3v) is 3.87. The van der Waals surface area contributed by atoms with Gasteiger partial charge >= 0.3 is 6.09 Å². The Morgan fingerprint density at radius 1 is 1.47 bits per heavy atom. The van der Waals surface area contributed by atoms with Crippen molar-refractivity contribution in [3.63, 3.8) is 0 Å². The topological polar surface area (TPSA) is 87.4 Å². The van der Waals surface area contributed by atoms with Crippen molar-refractivity contribution >= 4 is 17.5 Å². The highest BCUT2D eigenvalue weighted by molar-refractivity contribution is 7.90. The molecule has 3 N–H and O–H groups in total. The SMILES string of the molecule is CC(CCCCOC(N)=O)N[S+]([O-])C(C)(C)C. The molecule has 0 rings (SSSR count). The minimum atomic E-state index is -1.04. The van der Waals surface area contributed by atoms with Crippen LogP contribution in [0.4, 0.5) is 4.79 Å². The Labute approximate surface area is 107 Å². The normalized spacial score (nSPS) is 15.4. The number of ether oxygens (including phenoxy) is 1. The van der Waals surface area contributed by atoms with E-state index in [0.29, 0.717) is 6.61 Å². The van der Waals surface area contributed by atoms with E-state index in [1.807, 2.05) is 27.7 Å². The van der Waals surface area contributed by atoms with Gasteiger partial charge < -0.3 is 15.0 Å². The Hall–Kier alpha value is -0.460. The number of unbranched alkanes of at least 4 members (excludes halogenated alkanes) is 1. The molecule has 0 saturated heterocycles. The van der Waals surface area contributed by atoms with E-state index < -0.39 is 17.5 Å². The predicted octanol–water partition coefficient (Wildman–Crippen LogP) is 1.69. The van der Waals surface area contributed by atoms with Gasteiger partial charge in [-0.05, 0) is 47.0 Å². The van der Waals surface area contributed by atoms with Gasteiger partial charge in [-0.25, -0.2) is 4.79 Å². The van der Waals surface area contributed by atoms with Gasteiger partial charge in [-0.3, -0.25) is 0 Å². The number of carbonyl (C=O) groups excluding carboxylic acids is 1. The van der Waals surface area contributed by atoms with Crippen LogP contribution in [0.3, 0.4) is 0 Å². The standard InChI is InChI=1S/C11H24N2O3S/c1-9(13-17(15)11(2,3)4)7-5-6-8-16-10(12)14/h9,13H,5-8H2,1-4H3,(H2,12,14). The monoisotopic (exact) mass is 264 g/mol. The smallest absolute Gasteiger partial charge is 0.404 e. The van der Waals surface area contributed by atoms with Crippen molar-refractivity contribution in [3.05, 3.63) is 0 Å². The third kappa shape index (κ3) is 9.26. The summed E-state index contributed by atoms with van der Waals surface area (Å²) in [6, 6.07) is 0.184. The van der Waals surface area contributed by atoms with Crippen LogP contribution in [-0.2, 0) is 16.1 Å². The molecule has 1 amide bonds. The Morgan fingerprint density at radius 3 is 2.53 bits per heavy atom. The van der Waals surface area contributed by atoms with Crippen LogP contribution in [0, 0.1) is 0 Å². The highest BCUT2D eigenvalue weighted by Gasteiger charge is 2.27. The van der Waals surface area contributed by atoms with Crippen LogP contribution >= 0.6 is 0 Å². The van der Waals surface area contributed by atoms with Crippen LogP contribution in [-0.4, -0.2) is 28.0 Å². The molecule has 17 heavy (non-hydrogen) atoms. The average Bonchev–Trinajstić information content (AvgIpc) is 2.15. The molecule has 0 aliphatic heterocycles. The lowest BCUT2D eigenvalue weighted by molar-refractivity contribution is 0.154. The highest BCUT2D eigenvalue weighted by Crippen LogP contribution is 2.14. The minimum Gasteiger partial charge on any atom is -0.598 e. The summed E-state index contributed by atoms with van der Waals surface area (Å²) in [7, 11) is 0. The van der Waals surface area contributed by atoms with Gasteiger partial charge in [-0.1, -0.05) is 0 Å². The lowest BCUT2D eigenvalue weighted by Crippen LogP contribution is -2.43. The molecule has 0 fully saturated rings. The fraction of sp³-hybridized carbons (Fsp3) is 0.909. The lowest BCUT2D eigenvalue weighted by Gasteiger charge is -2.26. The number of rotatable bonds is 7. The van der Waals surface area contributed by atoms with E-state index in [4.69, 9.17) is 5.73 Å². The Kier molecular flexibility index (Phi) is 7.58. The molecule has 6 heteroatoms. The first-order valence-electron chi connectivity index (χ1n) is 5.83. The predicted molar refractivity (Wildman–Crippen MR) is 69.9 cm³/mol. The van der Waals surface area contributed by atoms with Crippen LogP contribution in [0.25, 0.3) is 0 Å². The summed E-state index contributed by atoms with van der Waals surface area (Å²) in [6.45, 7) is 8.15. The summed E-state index contributed by atoms with van der Waals surface area (Å²) in [5.74, 6) is 0. The molecule has 5 nitrogen and oxygen atoms in total. The molecule has 0 bridgehead atoms. The Bertz CT molecular complexity index is 231. The van der Waals surface area contributed by atoms with Crippen LogP contribution < -0.4 is 10.5 Å².